The van der Waals surface area contributed by atoms with E-state index in [1.165, 1.54) is 5.56 Å². The molecule has 1 heterocycles. The Hall–Kier alpha value is -1.29. The molecule has 1 rings (SSSR count). The van der Waals surface area contributed by atoms with Gasteiger partial charge in [0.1, 0.15) is 0 Å². The highest BCUT2D eigenvalue weighted by Crippen LogP contribution is 2.01. The van der Waals surface area contributed by atoms with Crippen LogP contribution >= 0.6 is 0 Å². The van der Waals surface area contributed by atoms with Gasteiger partial charge < -0.3 is 14.6 Å². The molecule has 90 valence electrons. The fourth-order valence-electron chi connectivity index (χ4n) is 1.51. The Morgan fingerprint density at radius 3 is 3.00 bits per heavy atom. The summed E-state index contributed by atoms with van der Waals surface area (Å²) in [4.78, 5) is 11.1. The number of carbonyl (C=O) groups is 1. The van der Waals surface area contributed by atoms with Crippen molar-refractivity contribution in [1.29, 1.82) is 0 Å². The molecule has 0 aliphatic carbocycles. The van der Waals surface area contributed by atoms with Crippen LogP contribution in [0.1, 0.15) is 25.8 Å². The first-order chi connectivity index (χ1) is 7.76. The summed E-state index contributed by atoms with van der Waals surface area (Å²) in [6.07, 6.45) is 5.29. The van der Waals surface area contributed by atoms with Gasteiger partial charge in [-0.3, -0.25) is 4.79 Å². The molecule has 0 fully saturated rings. The first kappa shape index (κ1) is 12.8. The summed E-state index contributed by atoms with van der Waals surface area (Å²) >= 11 is 0. The number of rotatable bonds is 7. The van der Waals surface area contributed by atoms with Gasteiger partial charge in [-0.2, -0.15) is 0 Å². The Balaban J connectivity index is 2.23. The molecule has 16 heavy (non-hydrogen) atoms. The highest BCUT2D eigenvalue weighted by atomic mass is 16.5. The van der Waals surface area contributed by atoms with Gasteiger partial charge in [-0.15, -0.1) is 0 Å². The molecule has 1 aromatic heterocycles. The zero-order valence-corrected chi connectivity index (χ0v) is 10.0. The average molecular weight is 224 g/mol. The minimum absolute atomic E-state index is 0.199. The van der Waals surface area contributed by atoms with Crippen molar-refractivity contribution in [2.75, 3.05) is 13.2 Å². The minimum Gasteiger partial charge on any atom is -0.465 e. The second-order valence-corrected chi connectivity index (χ2v) is 3.67. The quantitative estimate of drug-likeness (QED) is 0.715. The number of carbonyl (C=O) groups excluding carboxylic acids is 1. The smallest absolute Gasteiger partial charge is 0.319 e. The number of aryl methyl sites for hydroxylation is 1. The Labute approximate surface area is 96.6 Å². The maximum atomic E-state index is 11.1. The lowest BCUT2D eigenvalue weighted by Gasteiger charge is -2.03. The lowest BCUT2D eigenvalue weighted by Crippen LogP contribution is -2.24. The molecule has 1 aromatic rings. The Kier molecular flexibility index (Phi) is 5.64. The number of hydrogen-bond donors (Lipinski definition) is 1. The van der Waals surface area contributed by atoms with Gasteiger partial charge in [-0.25, -0.2) is 0 Å². The zero-order valence-electron chi connectivity index (χ0n) is 10.0. The van der Waals surface area contributed by atoms with Crippen LogP contribution in [0.3, 0.4) is 0 Å². The van der Waals surface area contributed by atoms with E-state index in [-0.39, 0.29) is 12.5 Å². The Morgan fingerprint density at radius 2 is 2.31 bits per heavy atom. The van der Waals surface area contributed by atoms with Crippen molar-refractivity contribution < 1.29 is 9.53 Å². The molecule has 0 saturated heterocycles. The van der Waals surface area contributed by atoms with Crippen LogP contribution in [-0.4, -0.2) is 23.7 Å². The lowest BCUT2D eigenvalue weighted by molar-refractivity contribution is -0.142. The van der Waals surface area contributed by atoms with E-state index in [2.05, 4.69) is 35.3 Å². The number of ether oxygens (including phenoxy) is 1. The number of nitrogens with zero attached hydrogens (tertiary/aromatic N) is 1. The van der Waals surface area contributed by atoms with Gasteiger partial charge in [-0.05, 0) is 25.0 Å². The summed E-state index contributed by atoms with van der Waals surface area (Å²) in [6, 6.07) is 2.06. The highest BCUT2D eigenvalue weighted by molar-refractivity contribution is 5.71. The predicted molar refractivity (Wildman–Crippen MR) is 63.1 cm³/mol. The molecule has 0 aromatic carbocycles. The first-order valence-electron chi connectivity index (χ1n) is 5.77. The number of hydrogen-bond acceptors (Lipinski definition) is 3. The van der Waals surface area contributed by atoms with E-state index in [4.69, 9.17) is 4.74 Å². The van der Waals surface area contributed by atoms with Gasteiger partial charge in [-0.1, -0.05) is 6.92 Å². The fraction of sp³-hybridized carbons (Fsp3) is 0.583. The third kappa shape index (κ3) is 4.49. The monoisotopic (exact) mass is 224 g/mol. The maximum Gasteiger partial charge on any atom is 0.319 e. The molecule has 0 unspecified atom stereocenters. The summed E-state index contributed by atoms with van der Waals surface area (Å²) < 4.78 is 6.97. The predicted octanol–water partition coefficient (Wildman–Crippen LogP) is 1.55. The molecule has 0 aliphatic rings. The van der Waals surface area contributed by atoms with Gasteiger partial charge in [0.25, 0.3) is 0 Å². The SMILES string of the molecule is CCCn1ccc(CNCC(=O)OCC)c1. The van der Waals surface area contributed by atoms with Crippen molar-refractivity contribution in [3.63, 3.8) is 0 Å². The van der Waals surface area contributed by atoms with Crippen LogP contribution in [0.25, 0.3) is 0 Å². The van der Waals surface area contributed by atoms with E-state index in [1.807, 2.05) is 6.92 Å². The van der Waals surface area contributed by atoms with Gasteiger partial charge in [0.05, 0.1) is 13.2 Å². The van der Waals surface area contributed by atoms with Crippen LogP contribution in [0.2, 0.25) is 0 Å². The molecule has 0 saturated carbocycles. The maximum absolute atomic E-state index is 11.1. The van der Waals surface area contributed by atoms with E-state index in [0.717, 1.165) is 13.0 Å². The van der Waals surface area contributed by atoms with Crippen LogP contribution in [0.5, 0.6) is 0 Å². The average Bonchev–Trinajstić information content (AvgIpc) is 2.67. The largest absolute Gasteiger partial charge is 0.465 e. The molecule has 4 nitrogen and oxygen atoms in total. The van der Waals surface area contributed by atoms with E-state index < -0.39 is 0 Å². The highest BCUT2D eigenvalue weighted by Gasteiger charge is 2.01. The number of aromatic nitrogens is 1. The summed E-state index contributed by atoms with van der Waals surface area (Å²) in [5.41, 5.74) is 1.19. The number of nitrogens with one attached hydrogen (secondary N) is 1. The van der Waals surface area contributed by atoms with Gasteiger partial charge in [0.2, 0.25) is 0 Å². The lowest BCUT2D eigenvalue weighted by atomic mass is 10.3. The molecule has 0 amide bonds. The van der Waals surface area contributed by atoms with E-state index in [1.54, 1.807) is 0 Å². The van der Waals surface area contributed by atoms with Crippen LogP contribution in [0, 0.1) is 0 Å². The molecule has 0 spiro atoms. The molecule has 1 N–H and O–H groups in total. The standard InChI is InChI=1S/C12H20N2O2/c1-3-6-14-7-5-11(10-14)8-13-9-12(15)16-4-2/h5,7,10,13H,3-4,6,8-9H2,1-2H3. The summed E-state index contributed by atoms with van der Waals surface area (Å²) in [6.45, 7) is 6.41. The normalized spacial score (nSPS) is 10.4. The topological polar surface area (TPSA) is 43.3 Å². The summed E-state index contributed by atoms with van der Waals surface area (Å²) in [7, 11) is 0. The third-order valence-corrected chi connectivity index (χ3v) is 2.20. The fourth-order valence-corrected chi connectivity index (χ4v) is 1.51. The first-order valence-corrected chi connectivity index (χ1v) is 5.77. The van der Waals surface area contributed by atoms with Crippen LogP contribution in [0.15, 0.2) is 18.5 Å². The van der Waals surface area contributed by atoms with Crippen LogP contribution in [-0.2, 0) is 22.6 Å². The Bertz CT molecular complexity index is 321. The molecular weight excluding hydrogens is 204 g/mol. The third-order valence-electron chi connectivity index (χ3n) is 2.20. The van der Waals surface area contributed by atoms with Crippen molar-refractivity contribution in [1.82, 2.24) is 9.88 Å². The van der Waals surface area contributed by atoms with Gasteiger partial charge >= 0.3 is 5.97 Å². The van der Waals surface area contributed by atoms with Gasteiger partial charge in [0.15, 0.2) is 0 Å². The summed E-state index contributed by atoms with van der Waals surface area (Å²) in [5.74, 6) is -0.199. The minimum atomic E-state index is -0.199. The molecule has 0 atom stereocenters. The number of esters is 1. The zero-order chi connectivity index (χ0) is 11.8. The van der Waals surface area contributed by atoms with Crippen LogP contribution < -0.4 is 5.32 Å². The van der Waals surface area contributed by atoms with E-state index in [0.29, 0.717) is 13.2 Å². The molecule has 0 aliphatic heterocycles. The second kappa shape index (κ2) is 7.06. The molecule has 0 bridgehead atoms. The Morgan fingerprint density at radius 1 is 1.50 bits per heavy atom. The van der Waals surface area contributed by atoms with Crippen molar-refractivity contribution in [3.05, 3.63) is 24.0 Å². The van der Waals surface area contributed by atoms with Crippen molar-refractivity contribution in [3.8, 4) is 0 Å². The molecule has 4 heteroatoms. The van der Waals surface area contributed by atoms with Crippen molar-refractivity contribution >= 4 is 5.97 Å². The van der Waals surface area contributed by atoms with Crippen molar-refractivity contribution in [2.24, 2.45) is 0 Å². The molecule has 0 radical (unpaired) electrons. The second-order valence-electron chi connectivity index (χ2n) is 3.67. The van der Waals surface area contributed by atoms with Crippen LogP contribution in [0.4, 0.5) is 0 Å². The van der Waals surface area contributed by atoms with Gasteiger partial charge in [0, 0.05) is 25.5 Å². The summed E-state index contributed by atoms with van der Waals surface area (Å²) in [5, 5.41) is 3.05. The molecular formula is C12H20N2O2. The van der Waals surface area contributed by atoms with E-state index >= 15 is 0 Å². The van der Waals surface area contributed by atoms with E-state index in [9.17, 15) is 4.79 Å². The van der Waals surface area contributed by atoms with Crippen molar-refractivity contribution in [2.45, 2.75) is 33.4 Å².